The number of aliphatic imine (C=N–C) groups is 2. The van der Waals surface area contributed by atoms with Crippen LogP contribution in [-0.2, 0) is 9.84 Å². The largest absolute Gasteiger partial charge is 0.368 e. The van der Waals surface area contributed by atoms with Gasteiger partial charge in [0.1, 0.15) is 27.0 Å². The Bertz CT molecular complexity index is 1090. The maximum absolute atomic E-state index is 12.7. The summed E-state index contributed by atoms with van der Waals surface area (Å²) in [6.45, 7) is 0. The molecule has 2 aliphatic heterocycles. The van der Waals surface area contributed by atoms with Crippen LogP contribution in [0.25, 0.3) is 4.91 Å². The standard InChI is InChI=1S/C14H9N5O2S/c15-14-18-9-6-16-12-10(7-17-13(12)11(9)19-14)22(20,21)8-4-2-1-3-5-8/h1-7H,(H2,15,18,19). The Morgan fingerprint density at radius 2 is 1.77 bits per heavy atom. The van der Waals surface area contributed by atoms with Crippen LogP contribution >= 0.6 is 0 Å². The highest BCUT2D eigenvalue weighted by Gasteiger charge is 2.27. The average molecular weight is 311 g/mol. The number of guanidine groups is 1. The Morgan fingerprint density at radius 3 is 2.55 bits per heavy atom. The fourth-order valence-electron chi connectivity index (χ4n) is 2.35. The molecule has 0 saturated carbocycles. The second-order valence-corrected chi connectivity index (χ2v) is 6.63. The molecule has 3 heterocycles. The van der Waals surface area contributed by atoms with Gasteiger partial charge in [-0.25, -0.2) is 18.4 Å². The van der Waals surface area contributed by atoms with E-state index in [4.69, 9.17) is 5.73 Å². The minimum atomic E-state index is -3.69. The van der Waals surface area contributed by atoms with E-state index in [0.29, 0.717) is 16.7 Å². The highest BCUT2D eigenvalue weighted by Crippen LogP contribution is 2.28. The Labute approximate surface area is 125 Å². The molecule has 0 bridgehead atoms. The van der Waals surface area contributed by atoms with Crippen LogP contribution in [0.2, 0.25) is 0 Å². The number of nitrogens with zero attached hydrogens (tertiary/aromatic N) is 4. The minimum Gasteiger partial charge on any atom is -0.368 e. The molecule has 2 aromatic rings. The van der Waals surface area contributed by atoms with E-state index >= 15 is 0 Å². The zero-order valence-corrected chi connectivity index (χ0v) is 11.9. The van der Waals surface area contributed by atoms with Gasteiger partial charge in [-0.1, -0.05) is 18.2 Å². The molecule has 7 nitrogen and oxygen atoms in total. The van der Waals surface area contributed by atoms with Crippen molar-refractivity contribution in [3.8, 4) is 0 Å². The molecule has 0 unspecified atom stereocenters. The van der Waals surface area contributed by atoms with Gasteiger partial charge in [-0.05, 0) is 12.1 Å². The number of hydrogen-bond acceptors (Lipinski definition) is 7. The van der Waals surface area contributed by atoms with Crippen LogP contribution in [0.1, 0.15) is 0 Å². The lowest BCUT2D eigenvalue weighted by atomic mass is 10.3. The molecule has 4 rings (SSSR count). The van der Waals surface area contributed by atoms with Gasteiger partial charge in [0, 0.05) is 6.21 Å². The maximum Gasteiger partial charge on any atom is 0.221 e. The SMILES string of the molecule is NC1=Nc2c3c(ncc2=N1)=C(S(=O)(=O)c1ccccc1)C=N3. The monoisotopic (exact) mass is 311 g/mol. The quantitative estimate of drug-likeness (QED) is 0.839. The van der Waals surface area contributed by atoms with Crippen LogP contribution in [0.15, 0.2) is 56.4 Å². The third kappa shape index (κ3) is 1.70. The molecular weight excluding hydrogens is 302 g/mol. The predicted octanol–water partition coefficient (Wildman–Crippen LogP) is -0.0410. The second-order valence-electron chi connectivity index (χ2n) is 4.71. The van der Waals surface area contributed by atoms with Gasteiger partial charge in [-0.15, -0.1) is 0 Å². The van der Waals surface area contributed by atoms with Crippen molar-refractivity contribution in [3.05, 3.63) is 47.2 Å². The lowest BCUT2D eigenvalue weighted by molar-refractivity contribution is 0.606. The highest BCUT2D eigenvalue weighted by atomic mass is 32.2. The molecule has 0 fully saturated rings. The molecule has 1 aromatic carbocycles. The zero-order valence-electron chi connectivity index (χ0n) is 11.1. The number of benzene rings is 1. The number of hydrogen-bond donors (Lipinski definition) is 1. The van der Waals surface area contributed by atoms with E-state index in [2.05, 4.69) is 20.0 Å². The Kier molecular flexibility index (Phi) is 2.52. The van der Waals surface area contributed by atoms with Gasteiger partial charge in [0.05, 0.1) is 11.1 Å². The second kappa shape index (κ2) is 4.31. The summed E-state index contributed by atoms with van der Waals surface area (Å²) in [5.74, 6) is 0.111. The van der Waals surface area contributed by atoms with Crippen LogP contribution < -0.4 is 16.4 Å². The van der Waals surface area contributed by atoms with E-state index in [1.165, 1.54) is 24.5 Å². The van der Waals surface area contributed by atoms with E-state index in [1.807, 2.05) is 0 Å². The predicted molar refractivity (Wildman–Crippen MR) is 81.5 cm³/mol. The summed E-state index contributed by atoms with van der Waals surface area (Å²) >= 11 is 0. The Morgan fingerprint density at radius 1 is 1.00 bits per heavy atom. The van der Waals surface area contributed by atoms with Crippen LogP contribution in [0, 0.1) is 0 Å². The van der Waals surface area contributed by atoms with Crippen molar-refractivity contribution in [2.24, 2.45) is 20.7 Å². The third-order valence-electron chi connectivity index (χ3n) is 3.36. The van der Waals surface area contributed by atoms with Crippen molar-refractivity contribution >= 4 is 38.3 Å². The average Bonchev–Trinajstić information content (AvgIpc) is 3.10. The lowest BCUT2D eigenvalue weighted by Crippen LogP contribution is -2.19. The maximum atomic E-state index is 12.7. The number of sulfone groups is 1. The molecule has 0 spiro atoms. The van der Waals surface area contributed by atoms with E-state index in [9.17, 15) is 8.42 Å². The summed E-state index contributed by atoms with van der Waals surface area (Å²) in [4.78, 5) is 16.7. The topological polar surface area (TPSA) is 110 Å². The zero-order chi connectivity index (χ0) is 15.3. The molecule has 22 heavy (non-hydrogen) atoms. The molecule has 0 aliphatic carbocycles. The molecule has 108 valence electrons. The molecule has 8 heteroatoms. The molecule has 0 atom stereocenters. The first kappa shape index (κ1) is 12.8. The third-order valence-corrected chi connectivity index (χ3v) is 5.13. The number of pyridine rings is 1. The van der Waals surface area contributed by atoms with E-state index < -0.39 is 9.84 Å². The summed E-state index contributed by atoms with van der Waals surface area (Å²) in [6.07, 6.45) is 2.75. The summed E-state index contributed by atoms with van der Waals surface area (Å²) in [5, 5.41) is 0.767. The first-order valence-electron chi connectivity index (χ1n) is 6.38. The number of fused-ring (bicyclic) bond motifs is 3. The summed E-state index contributed by atoms with van der Waals surface area (Å²) in [7, 11) is -3.69. The van der Waals surface area contributed by atoms with Crippen molar-refractivity contribution in [2.75, 3.05) is 0 Å². The van der Waals surface area contributed by atoms with Gasteiger partial charge in [0.15, 0.2) is 0 Å². The van der Waals surface area contributed by atoms with E-state index in [0.717, 1.165) is 0 Å². The smallest absolute Gasteiger partial charge is 0.221 e. The first-order chi connectivity index (χ1) is 10.6. The molecule has 2 aliphatic rings. The van der Waals surface area contributed by atoms with Gasteiger partial charge >= 0.3 is 0 Å². The molecule has 0 amide bonds. The summed E-state index contributed by atoms with van der Waals surface area (Å²) in [6, 6.07) is 8.16. The van der Waals surface area contributed by atoms with Crippen molar-refractivity contribution in [2.45, 2.75) is 4.90 Å². The normalized spacial score (nSPS) is 15.3. The van der Waals surface area contributed by atoms with Gasteiger partial charge < -0.3 is 5.73 Å². The lowest BCUT2D eigenvalue weighted by Gasteiger charge is -2.02. The molecule has 1 aromatic heterocycles. The molecular formula is C14H9N5O2S. The van der Waals surface area contributed by atoms with Crippen molar-refractivity contribution < 1.29 is 8.42 Å². The van der Waals surface area contributed by atoms with Gasteiger partial charge in [-0.2, -0.15) is 0 Å². The van der Waals surface area contributed by atoms with Crippen LogP contribution in [0.3, 0.4) is 0 Å². The number of aromatic nitrogens is 1. The molecule has 0 saturated heterocycles. The highest BCUT2D eigenvalue weighted by molar-refractivity contribution is 8.01. The number of nitrogens with two attached hydrogens (primary N) is 1. The van der Waals surface area contributed by atoms with Crippen molar-refractivity contribution in [1.29, 1.82) is 0 Å². The van der Waals surface area contributed by atoms with Crippen LogP contribution in [0.4, 0.5) is 11.4 Å². The first-order valence-corrected chi connectivity index (χ1v) is 7.86. The van der Waals surface area contributed by atoms with Crippen LogP contribution in [0.5, 0.6) is 0 Å². The Balaban J connectivity index is 2.02. The van der Waals surface area contributed by atoms with Gasteiger partial charge in [0.2, 0.25) is 15.8 Å². The van der Waals surface area contributed by atoms with E-state index in [1.54, 1.807) is 18.2 Å². The minimum absolute atomic E-state index is 0.0529. The molecule has 2 N–H and O–H groups in total. The van der Waals surface area contributed by atoms with Gasteiger partial charge in [-0.3, -0.25) is 9.98 Å². The van der Waals surface area contributed by atoms with Crippen LogP contribution in [-0.4, -0.2) is 25.6 Å². The fraction of sp³-hybridized carbons (Fsp3) is 0. The fourth-order valence-corrected chi connectivity index (χ4v) is 3.71. The van der Waals surface area contributed by atoms with E-state index in [-0.39, 0.29) is 21.1 Å². The Hall–Kier alpha value is -2.87. The van der Waals surface area contributed by atoms with Gasteiger partial charge in [0.25, 0.3) is 0 Å². The van der Waals surface area contributed by atoms with Crippen molar-refractivity contribution in [3.63, 3.8) is 0 Å². The van der Waals surface area contributed by atoms with Crippen molar-refractivity contribution in [1.82, 2.24) is 4.98 Å². The number of rotatable bonds is 2. The molecule has 0 radical (unpaired) electrons. The summed E-state index contributed by atoms with van der Waals surface area (Å²) < 4.78 is 25.4. The summed E-state index contributed by atoms with van der Waals surface area (Å²) in [5.41, 5.74) is 6.41.